The molecule has 0 radical (unpaired) electrons. The lowest BCUT2D eigenvalue weighted by atomic mass is 10.1. The lowest BCUT2D eigenvalue weighted by Gasteiger charge is -2.14. The molecule has 2 heteroatoms. The molecule has 1 aliphatic rings. The first kappa shape index (κ1) is 7.06. The van der Waals surface area contributed by atoms with Gasteiger partial charge in [0, 0.05) is 12.5 Å². The van der Waals surface area contributed by atoms with E-state index in [0.717, 1.165) is 6.42 Å². The first-order chi connectivity index (χ1) is 4.83. The van der Waals surface area contributed by atoms with Crippen LogP contribution in [0.3, 0.4) is 0 Å². The fourth-order valence-electron chi connectivity index (χ4n) is 0.987. The van der Waals surface area contributed by atoms with Gasteiger partial charge in [0.05, 0.1) is 0 Å². The summed E-state index contributed by atoms with van der Waals surface area (Å²) in [6.07, 6.45) is 8.30. The second-order valence-electron chi connectivity index (χ2n) is 2.46. The Bertz CT molecular complexity index is 178. The van der Waals surface area contributed by atoms with E-state index in [1.165, 1.54) is 11.8 Å². The number of rotatable bonds is 2. The van der Waals surface area contributed by atoms with Crippen molar-refractivity contribution >= 4 is 6.21 Å². The Morgan fingerprint density at radius 1 is 1.80 bits per heavy atom. The highest BCUT2D eigenvalue weighted by Gasteiger charge is 2.02. The average molecular weight is 136 g/mol. The van der Waals surface area contributed by atoms with Crippen LogP contribution < -0.4 is 5.32 Å². The van der Waals surface area contributed by atoms with E-state index < -0.39 is 0 Å². The van der Waals surface area contributed by atoms with Crippen LogP contribution in [0.2, 0.25) is 0 Å². The van der Waals surface area contributed by atoms with Gasteiger partial charge in [0.15, 0.2) is 0 Å². The maximum atomic E-state index is 6.89. The van der Waals surface area contributed by atoms with E-state index in [-0.39, 0.29) is 0 Å². The molecule has 0 saturated carbocycles. The van der Waals surface area contributed by atoms with Crippen molar-refractivity contribution in [1.29, 1.82) is 5.41 Å². The van der Waals surface area contributed by atoms with Crippen molar-refractivity contribution < 1.29 is 0 Å². The highest BCUT2D eigenvalue weighted by molar-refractivity contribution is 5.55. The van der Waals surface area contributed by atoms with Crippen LogP contribution in [0, 0.1) is 5.41 Å². The van der Waals surface area contributed by atoms with Gasteiger partial charge in [-0.3, -0.25) is 0 Å². The number of allylic oxidation sites excluding steroid dienone is 2. The molecule has 0 bridgehead atoms. The van der Waals surface area contributed by atoms with Gasteiger partial charge in [-0.05, 0) is 25.4 Å². The van der Waals surface area contributed by atoms with Gasteiger partial charge in [-0.2, -0.15) is 0 Å². The molecule has 2 nitrogen and oxygen atoms in total. The fourth-order valence-corrected chi connectivity index (χ4v) is 0.987. The van der Waals surface area contributed by atoms with E-state index in [1.807, 2.05) is 12.3 Å². The Kier molecular flexibility index (Phi) is 2.26. The molecule has 0 aliphatic carbocycles. The third-order valence-electron chi connectivity index (χ3n) is 1.49. The molecule has 0 aromatic carbocycles. The van der Waals surface area contributed by atoms with E-state index in [4.69, 9.17) is 5.41 Å². The van der Waals surface area contributed by atoms with Gasteiger partial charge in [0.1, 0.15) is 0 Å². The van der Waals surface area contributed by atoms with E-state index in [9.17, 15) is 0 Å². The van der Waals surface area contributed by atoms with E-state index in [2.05, 4.69) is 18.3 Å². The Labute approximate surface area is 61.1 Å². The van der Waals surface area contributed by atoms with Crippen molar-refractivity contribution in [2.75, 3.05) is 0 Å². The molecule has 0 amide bonds. The van der Waals surface area contributed by atoms with Gasteiger partial charge in [0.25, 0.3) is 0 Å². The zero-order valence-electron chi connectivity index (χ0n) is 6.09. The maximum Gasteiger partial charge on any atom is 0.0493 e. The quantitative estimate of drug-likeness (QED) is 0.554. The molecule has 10 heavy (non-hydrogen) atoms. The second kappa shape index (κ2) is 3.20. The van der Waals surface area contributed by atoms with Crippen LogP contribution in [0.1, 0.15) is 13.3 Å². The molecule has 2 N–H and O–H groups in total. The van der Waals surface area contributed by atoms with Crippen molar-refractivity contribution in [3.63, 3.8) is 0 Å². The monoisotopic (exact) mass is 136 g/mol. The third-order valence-corrected chi connectivity index (χ3v) is 1.49. The third kappa shape index (κ3) is 1.72. The number of hydrogen-bond acceptors (Lipinski definition) is 2. The molecule has 0 spiro atoms. The molecule has 0 aromatic rings. The van der Waals surface area contributed by atoms with Gasteiger partial charge in [-0.1, -0.05) is 11.6 Å². The van der Waals surface area contributed by atoms with Crippen LogP contribution in [-0.4, -0.2) is 12.3 Å². The molecular weight excluding hydrogens is 124 g/mol. The summed E-state index contributed by atoms with van der Waals surface area (Å²) in [5.74, 6) is 0. The molecule has 1 aliphatic heterocycles. The second-order valence-corrected chi connectivity index (χ2v) is 2.46. The Hall–Kier alpha value is -1.05. The molecule has 1 rings (SSSR count). The first-order valence-electron chi connectivity index (χ1n) is 3.43. The normalized spacial score (nSPS) is 23.3. The molecule has 1 heterocycles. The minimum Gasteiger partial charge on any atom is -0.384 e. The van der Waals surface area contributed by atoms with Gasteiger partial charge in [0.2, 0.25) is 0 Å². The molecule has 0 saturated heterocycles. The van der Waals surface area contributed by atoms with Crippen LogP contribution in [0.15, 0.2) is 23.9 Å². The molecule has 0 aromatic heterocycles. The van der Waals surface area contributed by atoms with Gasteiger partial charge in [-0.25, -0.2) is 0 Å². The summed E-state index contributed by atoms with van der Waals surface area (Å²) in [4.78, 5) is 0. The standard InChI is InChI=1S/C8H12N2/c1-7-3-5-10-8(6-7)2-4-9/h3-6,8-10H,2H2,1H3. The van der Waals surface area contributed by atoms with E-state index in [0.29, 0.717) is 6.04 Å². The first-order valence-corrected chi connectivity index (χ1v) is 3.43. The number of dihydropyridines is 1. The van der Waals surface area contributed by atoms with Crippen molar-refractivity contribution in [2.45, 2.75) is 19.4 Å². The minimum absolute atomic E-state index is 0.336. The summed E-state index contributed by atoms with van der Waals surface area (Å²) < 4.78 is 0. The average Bonchev–Trinajstić information content (AvgIpc) is 1.88. The predicted octanol–water partition coefficient (Wildman–Crippen LogP) is 1.46. The van der Waals surface area contributed by atoms with E-state index in [1.54, 1.807) is 0 Å². The highest BCUT2D eigenvalue weighted by Crippen LogP contribution is 2.04. The zero-order chi connectivity index (χ0) is 7.40. The summed E-state index contributed by atoms with van der Waals surface area (Å²) >= 11 is 0. The predicted molar refractivity (Wildman–Crippen MR) is 43.2 cm³/mol. The van der Waals surface area contributed by atoms with Crippen LogP contribution in [0.5, 0.6) is 0 Å². The zero-order valence-corrected chi connectivity index (χ0v) is 6.09. The van der Waals surface area contributed by atoms with Gasteiger partial charge < -0.3 is 10.7 Å². The Balaban J connectivity index is 2.51. The van der Waals surface area contributed by atoms with Crippen molar-refractivity contribution in [1.82, 2.24) is 5.32 Å². The van der Waals surface area contributed by atoms with Crippen molar-refractivity contribution in [3.8, 4) is 0 Å². The van der Waals surface area contributed by atoms with Crippen LogP contribution >= 0.6 is 0 Å². The van der Waals surface area contributed by atoms with Gasteiger partial charge in [-0.15, -0.1) is 0 Å². The topological polar surface area (TPSA) is 35.9 Å². The Morgan fingerprint density at radius 2 is 2.60 bits per heavy atom. The fraction of sp³-hybridized carbons (Fsp3) is 0.375. The maximum absolute atomic E-state index is 6.89. The van der Waals surface area contributed by atoms with Crippen LogP contribution in [-0.2, 0) is 0 Å². The molecule has 54 valence electrons. The minimum atomic E-state index is 0.336. The lowest BCUT2D eigenvalue weighted by Crippen LogP contribution is -2.24. The summed E-state index contributed by atoms with van der Waals surface area (Å²) in [7, 11) is 0. The lowest BCUT2D eigenvalue weighted by molar-refractivity contribution is 0.717. The van der Waals surface area contributed by atoms with Crippen molar-refractivity contribution in [3.05, 3.63) is 23.9 Å². The highest BCUT2D eigenvalue weighted by atomic mass is 14.9. The molecule has 1 atom stereocenters. The smallest absolute Gasteiger partial charge is 0.0493 e. The van der Waals surface area contributed by atoms with Gasteiger partial charge >= 0.3 is 0 Å². The van der Waals surface area contributed by atoms with Crippen LogP contribution in [0.25, 0.3) is 0 Å². The molecule has 1 unspecified atom stereocenters. The SMILES string of the molecule is CC1=CC(CC=N)NC=C1. The van der Waals surface area contributed by atoms with Crippen LogP contribution in [0.4, 0.5) is 0 Å². The largest absolute Gasteiger partial charge is 0.384 e. The Morgan fingerprint density at radius 3 is 3.20 bits per heavy atom. The summed E-state index contributed by atoms with van der Waals surface area (Å²) in [5, 5.41) is 10.0. The summed E-state index contributed by atoms with van der Waals surface area (Å²) in [6.45, 7) is 2.06. The summed E-state index contributed by atoms with van der Waals surface area (Å²) in [5.41, 5.74) is 1.27. The molecular formula is C8H12N2. The number of hydrogen-bond donors (Lipinski definition) is 2. The molecule has 0 fully saturated rings. The number of nitrogens with one attached hydrogen (secondary N) is 2. The van der Waals surface area contributed by atoms with E-state index >= 15 is 0 Å². The summed E-state index contributed by atoms with van der Waals surface area (Å²) in [6, 6.07) is 0.336. The van der Waals surface area contributed by atoms with Crippen molar-refractivity contribution in [2.24, 2.45) is 0 Å².